The Morgan fingerprint density at radius 2 is 2.12 bits per heavy atom. The number of benzene rings is 1. The molecule has 1 aromatic rings. The van der Waals surface area contributed by atoms with E-state index in [1.54, 1.807) is 0 Å². The maximum absolute atomic E-state index is 11.9. The van der Waals surface area contributed by atoms with Crippen LogP contribution in [0.5, 0.6) is 0 Å². The summed E-state index contributed by atoms with van der Waals surface area (Å²) in [6.07, 6.45) is 1.05. The van der Waals surface area contributed by atoms with Crippen molar-refractivity contribution < 1.29 is 4.21 Å². The highest BCUT2D eigenvalue weighted by molar-refractivity contribution is 7.85. The van der Waals surface area contributed by atoms with Crippen LogP contribution in [0.3, 0.4) is 0 Å². The summed E-state index contributed by atoms with van der Waals surface area (Å²) < 4.78 is 11.9. The molecule has 1 aliphatic rings. The van der Waals surface area contributed by atoms with Crippen LogP contribution in [0.25, 0.3) is 0 Å². The van der Waals surface area contributed by atoms with E-state index in [2.05, 4.69) is 44.3 Å². The zero-order valence-corrected chi connectivity index (χ0v) is 11.6. The van der Waals surface area contributed by atoms with Gasteiger partial charge in [-0.15, -0.1) is 0 Å². The molecule has 3 atom stereocenters. The molecular formula is C14H21NOS. The SMILES string of the molecule is CCC1CS(=O)CC(c2ccc(C)cc2C)N1. The molecule has 1 aromatic carbocycles. The minimum Gasteiger partial charge on any atom is -0.305 e. The fourth-order valence-electron chi connectivity index (χ4n) is 2.49. The van der Waals surface area contributed by atoms with Gasteiger partial charge in [0.15, 0.2) is 0 Å². The van der Waals surface area contributed by atoms with Crippen molar-refractivity contribution in [1.82, 2.24) is 5.32 Å². The van der Waals surface area contributed by atoms with Crippen molar-refractivity contribution in [3.05, 3.63) is 34.9 Å². The Balaban J connectivity index is 2.23. The summed E-state index contributed by atoms with van der Waals surface area (Å²) in [5.41, 5.74) is 3.90. The highest BCUT2D eigenvalue weighted by atomic mass is 32.2. The summed E-state index contributed by atoms with van der Waals surface area (Å²) in [6.45, 7) is 6.40. The van der Waals surface area contributed by atoms with Gasteiger partial charge in [0.25, 0.3) is 0 Å². The smallest absolute Gasteiger partial charge is 0.0441 e. The minimum atomic E-state index is -0.677. The first kappa shape index (κ1) is 12.8. The van der Waals surface area contributed by atoms with Crippen molar-refractivity contribution in [2.24, 2.45) is 0 Å². The van der Waals surface area contributed by atoms with Crippen LogP contribution in [0.2, 0.25) is 0 Å². The van der Waals surface area contributed by atoms with Crippen molar-refractivity contribution in [1.29, 1.82) is 0 Å². The Morgan fingerprint density at radius 3 is 2.76 bits per heavy atom. The summed E-state index contributed by atoms with van der Waals surface area (Å²) in [5.74, 6) is 1.55. The lowest BCUT2D eigenvalue weighted by atomic mass is 9.99. The molecule has 0 aromatic heterocycles. The van der Waals surface area contributed by atoms with Crippen LogP contribution in [0.1, 0.15) is 36.1 Å². The number of aryl methyl sites for hydroxylation is 2. The topological polar surface area (TPSA) is 29.1 Å². The first-order valence-electron chi connectivity index (χ1n) is 6.28. The van der Waals surface area contributed by atoms with E-state index in [0.29, 0.717) is 6.04 Å². The van der Waals surface area contributed by atoms with Gasteiger partial charge in [0.2, 0.25) is 0 Å². The van der Waals surface area contributed by atoms with Crippen LogP contribution in [0.4, 0.5) is 0 Å². The highest BCUT2D eigenvalue weighted by Gasteiger charge is 2.26. The Hall–Kier alpha value is -0.670. The first-order chi connectivity index (χ1) is 8.10. The third kappa shape index (κ3) is 2.96. The molecule has 94 valence electrons. The lowest BCUT2D eigenvalue weighted by molar-refractivity contribution is 0.455. The second-order valence-electron chi connectivity index (χ2n) is 4.96. The molecule has 2 nitrogen and oxygen atoms in total. The molecule has 1 aliphatic heterocycles. The molecule has 2 rings (SSSR count). The Labute approximate surface area is 106 Å². The molecule has 1 fully saturated rings. The molecule has 0 spiro atoms. The van der Waals surface area contributed by atoms with E-state index in [9.17, 15) is 4.21 Å². The van der Waals surface area contributed by atoms with Gasteiger partial charge in [0.05, 0.1) is 0 Å². The van der Waals surface area contributed by atoms with Gasteiger partial charge in [-0.1, -0.05) is 30.7 Å². The van der Waals surface area contributed by atoms with E-state index in [1.807, 2.05) is 0 Å². The van der Waals surface area contributed by atoms with E-state index < -0.39 is 10.8 Å². The number of hydrogen-bond acceptors (Lipinski definition) is 2. The van der Waals surface area contributed by atoms with Gasteiger partial charge in [-0.3, -0.25) is 4.21 Å². The molecule has 1 saturated heterocycles. The van der Waals surface area contributed by atoms with Crippen molar-refractivity contribution in [2.75, 3.05) is 11.5 Å². The van der Waals surface area contributed by atoms with Crippen LogP contribution in [-0.2, 0) is 10.8 Å². The summed E-state index contributed by atoms with van der Waals surface area (Å²) in [5, 5.41) is 3.62. The summed E-state index contributed by atoms with van der Waals surface area (Å²) in [6, 6.07) is 7.18. The zero-order chi connectivity index (χ0) is 12.4. The standard InChI is InChI=1S/C14H21NOS/c1-4-12-8-17(16)9-14(15-12)13-6-5-10(2)7-11(13)3/h5-7,12,14-15H,4,8-9H2,1-3H3. The second-order valence-corrected chi connectivity index (χ2v) is 6.50. The molecule has 1 heterocycles. The molecule has 3 heteroatoms. The van der Waals surface area contributed by atoms with Gasteiger partial charge >= 0.3 is 0 Å². The van der Waals surface area contributed by atoms with E-state index in [0.717, 1.165) is 17.9 Å². The van der Waals surface area contributed by atoms with E-state index in [1.165, 1.54) is 16.7 Å². The maximum atomic E-state index is 11.9. The first-order valence-corrected chi connectivity index (χ1v) is 7.77. The number of rotatable bonds is 2. The Morgan fingerprint density at radius 1 is 1.35 bits per heavy atom. The fraction of sp³-hybridized carbons (Fsp3) is 0.571. The van der Waals surface area contributed by atoms with Gasteiger partial charge in [-0.2, -0.15) is 0 Å². The molecular weight excluding hydrogens is 230 g/mol. The second kappa shape index (κ2) is 5.32. The van der Waals surface area contributed by atoms with Crippen molar-refractivity contribution in [3.63, 3.8) is 0 Å². The lowest BCUT2D eigenvalue weighted by Crippen LogP contribution is -2.44. The minimum absolute atomic E-state index is 0.259. The van der Waals surface area contributed by atoms with Gasteiger partial charge in [-0.05, 0) is 31.4 Å². The van der Waals surface area contributed by atoms with E-state index >= 15 is 0 Å². The highest BCUT2D eigenvalue weighted by Crippen LogP contribution is 2.24. The third-order valence-electron chi connectivity index (χ3n) is 3.47. The van der Waals surface area contributed by atoms with Gasteiger partial charge in [0.1, 0.15) is 0 Å². The maximum Gasteiger partial charge on any atom is 0.0441 e. The van der Waals surface area contributed by atoms with E-state index in [4.69, 9.17) is 0 Å². The summed E-state index contributed by atoms with van der Waals surface area (Å²) >= 11 is 0. The van der Waals surface area contributed by atoms with Gasteiger partial charge in [-0.25, -0.2) is 0 Å². The van der Waals surface area contributed by atoms with Crippen molar-refractivity contribution in [3.8, 4) is 0 Å². The molecule has 0 saturated carbocycles. The Kier molecular flexibility index (Phi) is 4.00. The van der Waals surface area contributed by atoms with Crippen LogP contribution in [0, 0.1) is 13.8 Å². The molecule has 0 amide bonds. The predicted octanol–water partition coefficient (Wildman–Crippen LogP) is 2.48. The summed E-state index contributed by atoms with van der Waals surface area (Å²) in [4.78, 5) is 0. The molecule has 3 unspecified atom stereocenters. The number of nitrogens with one attached hydrogen (secondary N) is 1. The molecule has 17 heavy (non-hydrogen) atoms. The summed E-state index contributed by atoms with van der Waals surface area (Å²) in [7, 11) is -0.677. The lowest BCUT2D eigenvalue weighted by Gasteiger charge is -2.31. The molecule has 1 N–H and O–H groups in total. The Bertz CT molecular complexity index is 430. The van der Waals surface area contributed by atoms with Crippen LogP contribution in [0.15, 0.2) is 18.2 Å². The zero-order valence-electron chi connectivity index (χ0n) is 10.8. The van der Waals surface area contributed by atoms with Crippen LogP contribution >= 0.6 is 0 Å². The molecule has 0 bridgehead atoms. The van der Waals surface area contributed by atoms with Gasteiger partial charge in [0, 0.05) is 34.4 Å². The monoisotopic (exact) mass is 251 g/mol. The van der Waals surface area contributed by atoms with Crippen LogP contribution in [-0.4, -0.2) is 21.8 Å². The molecule has 0 radical (unpaired) electrons. The fourth-order valence-corrected chi connectivity index (χ4v) is 4.06. The normalized spacial score (nSPS) is 29.2. The van der Waals surface area contributed by atoms with Crippen LogP contribution < -0.4 is 5.32 Å². The quantitative estimate of drug-likeness (QED) is 0.875. The molecule has 0 aliphatic carbocycles. The van der Waals surface area contributed by atoms with Crippen molar-refractivity contribution >= 4 is 10.8 Å². The predicted molar refractivity (Wildman–Crippen MR) is 73.7 cm³/mol. The van der Waals surface area contributed by atoms with E-state index in [-0.39, 0.29) is 6.04 Å². The number of hydrogen-bond donors (Lipinski definition) is 1. The van der Waals surface area contributed by atoms with Gasteiger partial charge < -0.3 is 5.32 Å². The average Bonchev–Trinajstić information content (AvgIpc) is 2.28. The third-order valence-corrected chi connectivity index (χ3v) is 4.95. The largest absolute Gasteiger partial charge is 0.305 e. The van der Waals surface area contributed by atoms with Crippen molar-refractivity contribution in [2.45, 2.75) is 39.3 Å². The average molecular weight is 251 g/mol.